The van der Waals surface area contributed by atoms with Crippen LogP contribution in [0.2, 0.25) is 0 Å². The number of benzene rings is 2. The van der Waals surface area contributed by atoms with Gasteiger partial charge in [0, 0.05) is 56.3 Å². The van der Waals surface area contributed by atoms with E-state index >= 15 is 0 Å². The normalized spacial score (nSPS) is 14.3. The van der Waals surface area contributed by atoms with Crippen LogP contribution in [-0.2, 0) is 24.4 Å². The van der Waals surface area contributed by atoms with E-state index in [1.165, 1.54) is 11.3 Å². The van der Waals surface area contributed by atoms with Crippen molar-refractivity contribution in [3.05, 3.63) is 63.6 Å². The van der Waals surface area contributed by atoms with E-state index in [9.17, 15) is 9.59 Å². The van der Waals surface area contributed by atoms with Crippen molar-refractivity contribution < 1.29 is 33.3 Å². The van der Waals surface area contributed by atoms with Crippen LogP contribution in [0, 0.1) is 0 Å². The van der Waals surface area contributed by atoms with Gasteiger partial charge in [0.05, 0.1) is 27.4 Å². The quantitative estimate of drug-likeness (QED) is 0.351. The van der Waals surface area contributed by atoms with Gasteiger partial charge in [0.1, 0.15) is 22.2 Å². The number of thiazole rings is 1. The van der Waals surface area contributed by atoms with Crippen molar-refractivity contribution in [1.29, 1.82) is 0 Å². The fourth-order valence-corrected chi connectivity index (χ4v) is 5.64. The first kappa shape index (κ1) is 28.5. The molecule has 0 unspecified atom stereocenters. The number of ether oxygens (including phenoxy) is 5. The van der Waals surface area contributed by atoms with E-state index in [1.54, 1.807) is 30.9 Å². The number of rotatable bonds is 10. The molecule has 3 heterocycles. The highest BCUT2D eigenvalue weighted by atomic mass is 32.1. The molecule has 2 aromatic carbocycles. The molecule has 218 valence electrons. The SMILES string of the molecule is CCOC(=O)N1CCN(C(=O)c2csc(CN(Cc3ccc4c(c3)OCO4)Cc3ccc(OC)cc3OC)n2)CC1. The molecule has 41 heavy (non-hydrogen) atoms. The van der Waals surface area contributed by atoms with Crippen LogP contribution < -0.4 is 18.9 Å². The molecule has 0 saturated carbocycles. The van der Waals surface area contributed by atoms with Crippen LogP contribution in [0.15, 0.2) is 41.8 Å². The average Bonchev–Trinajstić information content (AvgIpc) is 3.66. The van der Waals surface area contributed by atoms with E-state index in [0.717, 1.165) is 39.1 Å². The number of nitrogens with zero attached hydrogens (tertiary/aromatic N) is 4. The molecule has 3 aromatic rings. The monoisotopic (exact) mass is 582 g/mol. The first-order chi connectivity index (χ1) is 20.0. The molecule has 1 fully saturated rings. The predicted molar refractivity (Wildman–Crippen MR) is 152 cm³/mol. The molecule has 0 atom stereocenters. The first-order valence-corrected chi connectivity index (χ1v) is 14.3. The Hall–Kier alpha value is -4.03. The second-order valence-electron chi connectivity index (χ2n) is 9.62. The Labute approximate surface area is 243 Å². The van der Waals surface area contributed by atoms with Gasteiger partial charge in [-0.2, -0.15) is 0 Å². The zero-order valence-electron chi connectivity index (χ0n) is 23.5. The maximum atomic E-state index is 13.2. The van der Waals surface area contributed by atoms with Crippen LogP contribution in [-0.4, -0.2) is 85.5 Å². The summed E-state index contributed by atoms with van der Waals surface area (Å²) < 4.78 is 27.1. The van der Waals surface area contributed by atoms with Gasteiger partial charge in [-0.3, -0.25) is 9.69 Å². The largest absolute Gasteiger partial charge is 0.497 e. The Bertz CT molecular complexity index is 1370. The summed E-state index contributed by atoms with van der Waals surface area (Å²) >= 11 is 1.46. The van der Waals surface area contributed by atoms with Gasteiger partial charge < -0.3 is 33.5 Å². The number of amides is 2. The summed E-state index contributed by atoms with van der Waals surface area (Å²) in [6.07, 6.45) is -0.341. The van der Waals surface area contributed by atoms with Crippen molar-refractivity contribution in [2.75, 3.05) is 53.8 Å². The molecule has 2 aliphatic heterocycles. The first-order valence-electron chi connectivity index (χ1n) is 13.4. The van der Waals surface area contributed by atoms with Crippen LogP contribution in [0.5, 0.6) is 23.0 Å². The van der Waals surface area contributed by atoms with Crippen molar-refractivity contribution in [2.45, 2.75) is 26.6 Å². The second kappa shape index (κ2) is 13.1. The predicted octanol–water partition coefficient (Wildman–Crippen LogP) is 4.01. The molecule has 2 amide bonds. The molecule has 1 aromatic heterocycles. The summed E-state index contributed by atoms with van der Waals surface area (Å²) in [5.74, 6) is 2.80. The number of carbonyl (C=O) groups is 2. The summed E-state index contributed by atoms with van der Waals surface area (Å²) in [6, 6.07) is 11.7. The van der Waals surface area contributed by atoms with Gasteiger partial charge >= 0.3 is 6.09 Å². The van der Waals surface area contributed by atoms with E-state index in [0.29, 0.717) is 58.1 Å². The highest BCUT2D eigenvalue weighted by molar-refractivity contribution is 7.09. The minimum atomic E-state index is -0.341. The van der Waals surface area contributed by atoms with Gasteiger partial charge in [-0.1, -0.05) is 12.1 Å². The topological polar surface area (TPSA) is 103 Å². The second-order valence-corrected chi connectivity index (χ2v) is 10.6. The van der Waals surface area contributed by atoms with E-state index in [2.05, 4.69) is 4.90 Å². The van der Waals surface area contributed by atoms with Gasteiger partial charge in [-0.05, 0) is 30.7 Å². The minimum Gasteiger partial charge on any atom is -0.497 e. The Morgan fingerprint density at radius 2 is 1.73 bits per heavy atom. The molecule has 11 nitrogen and oxygen atoms in total. The molecule has 1 saturated heterocycles. The molecule has 2 aliphatic rings. The highest BCUT2D eigenvalue weighted by Gasteiger charge is 2.27. The van der Waals surface area contributed by atoms with Crippen molar-refractivity contribution in [3.8, 4) is 23.0 Å². The van der Waals surface area contributed by atoms with Crippen LogP contribution in [0.25, 0.3) is 0 Å². The summed E-state index contributed by atoms with van der Waals surface area (Å²) in [6.45, 7) is 5.82. The molecule has 0 bridgehead atoms. The van der Waals surface area contributed by atoms with Gasteiger partial charge in [0.15, 0.2) is 11.5 Å². The maximum absolute atomic E-state index is 13.2. The number of aromatic nitrogens is 1. The number of piperazine rings is 1. The van der Waals surface area contributed by atoms with Crippen LogP contribution >= 0.6 is 11.3 Å². The zero-order valence-corrected chi connectivity index (χ0v) is 24.3. The summed E-state index contributed by atoms with van der Waals surface area (Å²) in [5, 5.41) is 2.63. The third kappa shape index (κ3) is 6.83. The van der Waals surface area contributed by atoms with Crippen molar-refractivity contribution in [1.82, 2.24) is 19.7 Å². The number of fused-ring (bicyclic) bond motifs is 1. The van der Waals surface area contributed by atoms with Crippen molar-refractivity contribution in [2.24, 2.45) is 0 Å². The van der Waals surface area contributed by atoms with Gasteiger partial charge in [-0.15, -0.1) is 11.3 Å². The molecule has 0 N–H and O–H groups in total. The maximum Gasteiger partial charge on any atom is 0.409 e. The lowest BCUT2D eigenvalue weighted by Gasteiger charge is -2.33. The summed E-state index contributed by atoms with van der Waals surface area (Å²) in [4.78, 5) is 35.5. The van der Waals surface area contributed by atoms with Crippen molar-refractivity contribution >= 4 is 23.3 Å². The lowest BCUT2D eigenvalue weighted by molar-refractivity contribution is 0.0566. The fourth-order valence-electron chi connectivity index (χ4n) is 4.83. The Morgan fingerprint density at radius 3 is 2.49 bits per heavy atom. The van der Waals surface area contributed by atoms with Gasteiger partial charge in [-0.25, -0.2) is 9.78 Å². The van der Waals surface area contributed by atoms with Gasteiger partial charge in [0.2, 0.25) is 6.79 Å². The van der Waals surface area contributed by atoms with E-state index in [4.69, 9.17) is 28.7 Å². The lowest BCUT2D eigenvalue weighted by Crippen LogP contribution is -2.50. The van der Waals surface area contributed by atoms with E-state index < -0.39 is 0 Å². The molecule has 12 heteroatoms. The van der Waals surface area contributed by atoms with Crippen LogP contribution in [0.4, 0.5) is 4.79 Å². The minimum absolute atomic E-state index is 0.129. The molecular formula is C29H34N4O7S. The smallest absolute Gasteiger partial charge is 0.409 e. The third-order valence-electron chi connectivity index (χ3n) is 6.95. The van der Waals surface area contributed by atoms with E-state index in [-0.39, 0.29) is 18.8 Å². The lowest BCUT2D eigenvalue weighted by atomic mass is 10.1. The fraction of sp³-hybridized carbons (Fsp3) is 0.414. The number of hydrogen-bond donors (Lipinski definition) is 0. The number of methoxy groups -OCH3 is 2. The Balaban J connectivity index is 1.29. The number of hydrogen-bond acceptors (Lipinski definition) is 10. The Kier molecular flexibility index (Phi) is 9.10. The van der Waals surface area contributed by atoms with Crippen LogP contribution in [0.1, 0.15) is 33.5 Å². The van der Waals surface area contributed by atoms with E-state index in [1.807, 2.05) is 41.8 Å². The van der Waals surface area contributed by atoms with Crippen molar-refractivity contribution in [3.63, 3.8) is 0 Å². The molecule has 5 rings (SSSR count). The molecule has 0 radical (unpaired) electrons. The Morgan fingerprint density at radius 1 is 0.951 bits per heavy atom. The summed E-state index contributed by atoms with van der Waals surface area (Å²) in [5.41, 5.74) is 2.48. The van der Waals surface area contributed by atoms with Gasteiger partial charge in [0.25, 0.3) is 5.91 Å². The average molecular weight is 583 g/mol. The zero-order chi connectivity index (χ0) is 28.8. The highest BCUT2D eigenvalue weighted by Crippen LogP contribution is 2.33. The summed E-state index contributed by atoms with van der Waals surface area (Å²) in [7, 11) is 3.27. The molecule has 0 aliphatic carbocycles. The van der Waals surface area contributed by atoms with Crippen LogP contribution in [0.3, 0.4) is 0 Å². The molecular weight excluding hydrogens is 548 g/mol. The molecule has 0 spiro atoms. The standard InChI is InChI=1S/C29H34N4O7S/c1-4-38-29(35)33-11-9-32(10-12-33)28(34)23-18-41-27(30-23)17-31(15-20-5-8-24-26(13-20)40-19-39-24)16-21-6-7-22(36-2)14-25(21)37-3/h5-8,13-14,18H,4,9-12,15-17,19H2,1-3H3. The third-order valence-corrected chi connectivity index (χ3v) is 7.79. The number of carbonyl (C=O) groups excluding carboxylic acids is 2.